The zero-order valence-corrected chi connectivity index (χ0v) is 34.3. The number of carbonyl (C=O) groups is 5. The standard InChI is InChI=1S/C43H49N5O9.C2H6/c1-43(2,3)57-41(52)46-35(37(49)45-36(27-31-17-8-4-9-18-31)38(50)54-28-32-19-10-5-11-20-32)25-16-26-48(42(53)56-30-34-23-14-7-15-24-34)39(44)47-40(51)55-29-33-21-12-6-13-22-33;1-2/h4-15,17-24,35-36H,16,25-30H2,1-3H3,(H,45,49)(H,46,52)(H2,44,47,51);1-2H3. The predicted octanol–water partition coefficient (Wildman–Crippen LogP) is 7.45. The van der Waals surface area contributed by atoms with Gasteiger partial charge >= 0.3 is 24.2 Å². The van der Waals surface area contributed by atoms with Crippen LogP contribution in [0.15, 0.2) is 126 Å². The van der Waals surface area contributed by atoms with E-state index >= 15 is 0 Å². The zero-order valence-electron chi connectivity index (χ0n) is 34.3. The number of nitrogens with one attached hydrogen (secondary N) is 2. The van der Waals surface area contributed by atoms with Crippen molar-refractivity contribution in [1.82, 2.24) is 15.5 Å². The fourth-order valence-corrected chi connectivity index (χ4v) is 5.32. The van der Waals surface area contributed by atoms with Gasteiger partial charge in [-0.3, -0.25) is 4.79 Å². The maximum absolute atomic E-state index is 14.0. The quantitative estimate of drug-likeness (QED) is 0.0444. The minimum atomic E-state index is -1.25. The Balaban J connectivity index is 0.00000458. The predicted molar refractivity (Wildman–Crippen MR) is 224 cm³/mol. The molecule has 0 saturated heterocycles. The molecule has 4 N–H and O–H groups in total. The van der Waals surface area contributed by atoms with E-state index in [4.69, 9.17) is 24.7 Å². The van der Waals surface area contributed by atoms with Gasteiger partial charge in [0.1, 0.15) is 37.5 Å². The molecule has 0 aliphatic carbocycles. The smallest absolute Gasteiger partial charge is 0.437 e. The monoisotopic (exact) mass is 809 g/mol. The summed E-state index contributed by atoms with van der Waals surface area (Å²) in [7, 11) is 0. The molecule has 59 heavy (non-hydrogen) atoms. The number of nitrogens with two attached hydrogens (primary N) is 1. The van der Waals surface area contributed by atoms with Crippen molar-refractivity contribution in [3.05, 3.63) is 144 Å². The van der Waals surface area contributed by atoms with E-state index in [1.165, 1.54) is 0 Å². The van der Waals surface area contributed by atoms with Crippen LogP contribution in [0, 0.1) is 0 Å². The Hall–Kier alpha value is -6.70. The molecule has 0 aromatic heterocycles. The molecule has 314 valence electrons. The van der Waals surface area contributed by atoms with E-state index in [9.17, 15) is 24.0 Å². The summed E-state index contributed by atoms with van der Waals surface area (Å²) in [6, 6.07) is 33.7. The van der Waals surface area contributed by atoms with Gasteiger partial charge in [0.2, 0.25) is 11.9 Å². The van der Waals surface area contributed by atoms with E-state index in [-0.39, 0.29) is 45.6 Å². The highest BCUT2D eigenvalue weighted by molar-refractivity contribution is 5.98. The second-order valence-corrected chi connectivity index (χ2v) is 13.9. The van der Waals surface area contributed by atoms with Crippen molar-refractivity contribution in [2.45, 2.75) is 91.4 Å². The number of ether oxygens (including phenoxy) is 4. The van der Waals surface area contributed by atoms with E-state index in [1.807, 2.05) is 86.6 Å². The Morgan fingerprint density at radius 1 is 0.644 bits per heavy atom. The lowest BCUT2D eigenvalue weighted by Crippen LogP contribution is -2.53. The molecule has 0 aliphatic rings. The molecule has 14 heteroatoms. The van der Waals surface area contributed by atoms with Crippen LogP contribution in [0.2, 0.25) is 0 Å². The average molecular weight is 810 g/mol. The van der Waals surface area contributed by atoms with E-state index in [0.717, 1.165) is 21.6 Å². The molecule has 2 unspecified atom stereocenters. The number of aliphatic imine (C=N–C) groups is 1. The van der Waals surface area contributed by atoms with E-state index in [2.05, 4.69) is 15.6 Å². The average Bonchev–Trinajstić information content (AvgIpc) is 3.23. The van der Waals surface area contributed by atoms with Crippen LogP contribution in [0.1, 0.15) is 69.7 Å². The molecule has 0 fully saturated rings. The fraction of sp³-hybridized carbons (Fsp3) is 0.333. The molecule has 4 aromatic rings. The summed E-state index contributed by atoms with van der Waals surface area (Å²) in [6.45, 7) is 8.63. The molecule has 4 aromatic carbocycles. The molecule has 0 aliphatic heterocycles. The number of alkyl carbamates (subject to hydrolysis) is 1. The Kier molecular flexibility index (Phi) is 19.6. The Morgan fingerprint density at radius 2 is 1.10 bits per heavy atom. The first kappa shape index (κ1) is 46.7. The maximum atomic E-state index is 14.0. The highest BCUT2D eigenvalue weighted by atomic mass is 16.6. The highest BCUT2D eigenvalue weighted by Gasteiger charge is 2.30. The second kappa shape index (κ2) is 24.8. The second-order valence-electron chi connectivity index (χ2n) is 13.9. The molecular formula is C45H55N5O9. The van der Waals surface area contributed by atoms with Gasteiger partial charge in [-0.25, -0.2) is 24.1 Å². The Morgan fingerprint density at radius 3 is 1.59 bits per heavy atom. The summed E-state index contributed by atoms with van der Waals surface area (Å²) in [5, 5.41) is 5.33. The van der Waals surface area contributed by atoms with Crippen molar-refractivity contribution in [2.75, 3.05) is 6.54 Å². The van der Waals surface area contributed by atoms with Gasteiger partial charge in [0.05, 0.1) is 0 Å². The lowest BCUT2D eigenvalue weighted by atomic mass is 10.0. The molecule has 0 heterocycles. The highest BCUT2D eigenvalue weighted by Crippen LogP contribution is 2.13. The van der Waals surface area contributed by atoms with Gasteiger partial charge in [-0.2, -0.15) is 0 Å². The fourth-order valence-electron chi connectivity index (χ4n) is 5.32. The van der Waals surface area contributed by atoms with Gasteiger partial charge in [0, 0.05) is 13.0 Å². The van der Waals surface area contributed by atoms with Gasteiger partial charge in [0.25, 0.3) is 0 Å². The van der Waals surface area contributed by atoms with Gasteiger partial charge in [-0.15, -0.1) is 4.99 Å². The summed E-state index contributed by atoms with van der Waals surface area (Å²) in [6.07, 6.45) is -2.77. The number of amides is 4. The van der Waals surface area contributed by atoms with Crippen molar-refractivity contribution in [2.24, 2.45) is 10.7 Å². The first-order chi connectivity index (χ1) is 28.4. The topological polar surface area (TPSA) is 188 Å². The van der Waals surface area contributed by atoms with Crippen LogP contribution in [0.4, 0.5) is 14.4 Å². The number of benzene rings is 4. The number of carbonyl (C=O) groups excluding carboxylic acids is 5. The van der Waals surface area contributed by atoms with Crippen LogP contribution in [0.3, 0.4) is 0 Å². The molecule has 0 bridgehead atoms. The third-order valence-electron chi connectivity index (χ3n) is 8.10. The molecular weight excluding hydrogens is 755 g/mol. The van der Waals surface area contributed by atoms with Gasteiger partial charge in [-0.1, -0.05) is 135 Å². The maximum Gasteiger partial charge on any atom is 0.437 e. The summed E-state index contributed by atoms with van der Waals surface area (Å²) in [5.74, 6) is -1.89. The van der Waals surface area contributed by atoms with Crippen molar-refractivity contribution in [1.29, 1.82) is 0 Å². The summed E-state index contributed by atoms with van der Waals surface area (Å²) < 4.78 is 21.7. The zero-order chi connectivity index (χ0) is 43.0. The van der Waals surface area contributed by atoms with Crippen molar-refractivity contribution in [3.8, 4) is 0 Å². The summed E-state index contributed by atoms with van der Waals surface area (Å²) >= 11 is 0. The summed E-state index contributed by atoms with van der Waals surface area (Å²) in [4.78, 5) is 71.1. The third-order valence-corrected chi connectivity index (χ3v) is 8.10. The Labute approximate surface area is 346 Å². The first-order valence-corrected chi connectivity index (χ1v) is 19.4. The van der Waals surface area contributed by atoms with Crippen LogP contribution in [-0.4, -0.2) is 65.2 Å². The molecule has 4 amide bonds. The molecule has 0 saturated carbocycles. The van der Waals surface area contributed by atoms with Gasteiger partial charge in [-0.05, 0) is 55.9 Å². The van der Waals surface area contributed by atoms with E-state index < -0.39 is 53.8 Å². The van der Waals surface area contributed by atoms with Crippen LogP contribution >= 0.6 is 0 Å². The lowest BCUT2D eigenvalue weighted by molar-refractivity contribution is -0.149. The normalized spacial score (nSPS) is 12.0. The Bertz CT molecular complexity index is 1920. The van der Waals surface area contributed by atoms with Crippen LogP contribution in [0.25, 0.3) is 0 Å². The minimum Gasteiger partial charge on any atom is -0.459 e. The SMILES string of the molecule is CC.CC(C)(C)OC(=O)NC(CCCN(C(=O)OCc1ccccc1)/C(N)=N/C(=O)OCc1ccccc1)C(=O)NC(Cc1ccccc1)C(=O)OCc1ccccc1. The number of hydrogen-bond acceptors (Lipinski definition) is 9. The number of guanidine groups is 1. The summed E-state index contributed by atoms with van der Waals surface area (Å²) in [5.41, 5.74) is 8.24. The molecule has 4 rings (SSSR count). The molecule has 0 radical (unpaired) electrons. The van der Waals surface area contributed by atoms with Crippen LogP contribution in [-0.2, 0) is 54.8 Å². The first-order valence-electron chi connectivity index (χ1n) is 19.4. The lowest BCUT2D eigenvalue weighted by Gasteiger charge is -2.26. The number of esters is 1. The number of nitrogens with zero attached hydrogens (tertiary/aromatic N) is 2. The van der Waals surface area contributed by atoms with E-state index in [0.29, 0.717) is 5.56 Å². The van der Waals surface area contributed by atoms with Crippen molar-refractivity contribution >= 4 is 36.1 Å². The van der Waals surface area contributed by atoms with Crippen LogP contribution < -0.4 is 16.4 Å². The largest absolute Gasteiger partial charge is 0.459 e. The van der Waals surface area contributed by atoms with Crippen LogP contribution in [0.5, 0.6) is 0 Å². The minimum absolute atomic E-state index is 0.0145. The van der Waals surface area contributed by atoms with E-state index in [1.54, 1.807) is 69.3 Å². The molecule has 0 spiro atoms. The number of rotatable bonds is 16. The van der Waals surface area contributed by atoms with Crippen molar-refractivity contribution in [3.63, 3.8) is 0 Å². The third kappa shape index (κ3) is 18.0. The molecule has 2 atom stereocenters. The number of hydrogen-bond donors (Lipinski definition) is 3. The van der Waals surface area contributed by atoms with Gasteiger partial charge in [0.15, 0.2) is 0 Å². The molecule has 14 nitrogen and oxygen atoms in total. The van der Waals surface area contributed by atoms with Crippen molar-refractivity contribution < 1.29 is 42.9 Å². The van der Waals surface area contributed by atoms with Gasteiger partial charge < -0.3 is 35.3 Å².